The van der Waals surface area contributed by atoms with Crippen LogP contribution in [0.1, 0.15) is 29.5 Å². The van der Waals surface area contributed by atoms with Crippen LogP contribution in [0.15, 0.2) is 47.2 Å². The van der Waals surface area contributed by atoms with Crippen molar-refractivity contribution in [3.63, 3.8) is 0 Å². The van der Waals surface area contributed by atoms with Gasteiger partial charge in [-0.05, 0) is 48.6 Å². The third-order valence-electron chi connectivity index (χ3n) is 9.79. The number of nitrogens with zero attached hydrogens (tertiary/aromatic N) is 3. The van der Waals surface area contributed by atoms with Crippen molar-refractivity contribution in [2.45, 2.75) is 31.4 Å². The van der Waals surface area contributed by atoms with Crippen molar-refractivity contribution in [1.29, 1.82) is 0 Å². The molecule has 0 unspecified atom stereocenters. The van der Waals surface area contributed by atoms with Crippen LogP contribution < -0.4 is 10.6 Å². The van der Waals surface area contributed by atoms with Crippen LogP contribution in [-0.2, 0) is 27.3 Å². The Morgan fingerprint density at radius 2 is 1.70 bits per heavy atom. The first-order valence-corrected chi connectivity index (χ1v) is 14.9. The summed E-state index contributed by atoms with van der Waals surface area (Å²) in [6.07, 6.45) is -0.00965. The van der Waals surface area contributed by atoms with Gasteiger partial charge >= 0.3 is 0 Å². The summed E-state index contributed by atoms with van der Waals surface area (Å²) in [5.74, 6) is -6.36. The predicted octanol–water partition coefficient (Wildman–Crippen LogP) is 1.90. The maximum Gasteiger partial charge on any atom is 0.255 e. The number of hydrogen-bond donors (Lipinski definition) is 5. The number of Topliss-reactive ketones (excluding diaryl/α,β-unsaturated/α-hetero) is 2. The SMILES string of the molecule is CN1CCN(Cc2ccc(-c3cc(N(C)C)c4c(c3O)C(O)=C3C(=O)[C@]5(O)C(O)=C(C(N)=O)C(=O)C[C@@H]5C[C@@H]3C4)cc2)CC1. The van der Waals surface area contributed by atoms with Gasteiger partial charge in [0.25, 0.3) is 5.91 Å². The van der Waals surface area contributed by atoms with Crippen LogP contribution in [0.3, 0.4) is 0 Å². The van der Waals surface area contributed by atoms with Crippen LogP contribution in [0.2, 0.25) is 0 Å². The molecule has 0 radical (unpaired) electrons. The van der Waals surface area contributed by atoms with Gasteiger partial charge in [-0.15, -0.1) is 0 Å². The van der Waals surface area contributed by atoms with Crippen molar-refractivity contribution in [2.75, 3.05) is 52.2 Å². The average molecular weight is 603 g/mol. The summed E-state index contributed by atoms with van der Waals surface area (Å²) in [5.41, 5.74) is 5.53. The number of ketones is 2. The van der Waals surface area contributed by atoms with Crippen LogP contribution in [-0.4, -0.2) is 101 Å². The lowest BCUT2D eigenvalue weighted by atomic mass is 9.59. The summed E-state index contributed by atoms with van der Waals surface area (Å²) in [6, 6.07) is 9.75. The molecular formula is C33H38N4O7. The summed E-state index contributed by atoms with van der Waals surface area (Å²) in [4.78, 5) is 45.0. The van der Waals surface area contributed by atoms with Gasteiger partial charge in [-0.3, -0.25) is 19.3 Å². The standard InChI is InChI=1S/C33H38N4O7/c1-35(2)23-15-21(18-6-4-17(5-7-18)16-37-10-8-36(3)9-11-37)28(39)26-22(23)13-19-12-20-14-24(38)27(32(34)43)31(42)33(20,44)30(41)25(19)29(26)40/h4-7,15,19-20,39-40,42,44H,8-14,16H2,1-3H3,(H2,34,43)/t19-,20+,33+/m1/s1. The minimum absolute atomic E-state index is 0.0832. The number of primary amides is 1. The molecule has 6 N–H and O–H groups in total. The Hall–Kier alpha value is -4.19. The Morgan fingerprint density at radius 3 is 2.32 bits per heavy atom. The van der Waals surface area contributed by atoms with Crippen LogP contribution in [0.25, 0.3) is 16.9 Å². The summed E-state index contributed by atoms with van der Waals surface area (Å²) >= 11 is 0. The summed E-state index contributed by atoms with van der Waals surface area (Å²) in [6.45, 7) is 4.85. The first kappa shape index (κ1) is 29.9. The lowest BCUT2D eigenvalue weighted by molar-refractivity contribution is -0.147. The lowest BCUT2D eigenvalue weighted by Gasteiger charge is -2.46. The highest BCUT2D eigenvalue weighted by Gasteiger charge is 2.60. The quantitative estimate of drug-likeness (QED) is 0.319. The highest BCUT2D eigenvalue weighted by atomic mass is 16.3. The van der Waals surface area contributed by atoms with Crippen LogP contribution >= 0.6 is 0 Å². The molecule has 0 spiro atoms. The first-order chi connectivity index (χ1) is 20.8. The minimum Gasteiger partial charge on any atom is -0.508 e. The molecule has 0 bridgehead atoms. The zero-order valence-corrected chi connectivity index (χ0v) is 25.1. The van der Waals surface area contributed by atoms with E-state index in [1.807, 2.05) is 49.3 Å². The van der Waals surface area contributed by atoms with Crippen molar-refractivity contribution in [3.8, 4) is 16.9 Å². The number of carbonyl (C=O) groups is 3. The number of phenolic OH excluding ortho intramolecular Hbond substituents is 1. The van der Waals surface area contributed by atoms with Crippen molar-refractivity contribution < 1.29 is 34.8 Å². The smallest absolute Gasteiger partial charge is 0.255 e. The molecule has 1 amide bonds. The zero-order valence-electron chi connectivity index (χ0n) is 25.1. The molecule has 11 heteroatoms. The average Bonchev–Trinajstić information content (AvgIpc) is 2.96. The van der Waals surface area contributed by atoms with E-state index in [1.54, 1.807) is 0 Å². The molecule has 4 aliphatic rings. The van der Waals surface area contributed by atoms with Crippen molar-refractivity contribution in [3.05, 3.63) is 63.9 Å². The Bertz CT molecular complexity index is 1640. The number of hydrogen-bond acceptors (Lipinski definition) is 10. The van der Waals surface area contributed by atoms with Gasteiger partial charge in [-0.1, -0.05) is 24.3 Å². The fourth-order valence-electron chi connectivity index (χ4n) is 7.34. The van der Waals surface area contributed by atoms with E-state index < -0.39 is 52.0 Å². The summed E-state index contributed by atoms with van der Waals surface area (Å²) in [5, 5.41) is 45.6. The fraction of sp³-hybridized carbons (Fsp3) is 0.424. The van der Waals surface area contributed by atoms with E-state index in [4.69, 9.17) is 5.73 Å². The Kier molecular flexibility index (Phi) is 7.30. The molecule has 6 rings (SSSR count). The van der Waals surface area contributed by atoms with E-state index in [2.05, 4.69) is 16.8 Å². The zero-order chi connectivity index (χ0) is 31.7. The van der Waals surface area contributed by atoms with Crippen molar-refractivity contribution >= 4 is 28.9 Å². The van der Waals surface area contributed by atoms with Crippen LogP contribution in [0, 0.1) is 11.8 Å². The maximum absolute atomic E-state index is 13.9. The van der Waals surface area contributed by atoms with E-state index in [-0.39, 0.29) is 36.1 Å². The molecule has 0 aromatic heterocycles. The number of phenols is 1. The van der Waals surface area contributed by atoms with Gasteiger partial charge in [-0.25, -0.2) is 0 Å². The number of rotatable bonds is 5. The molecule has 232 valence electrons. The van der Waals surface area contributed by atoms with Crippen LogP contribution in [0.4, 0.5) is 5.69 Å². The third kappa shape index (κ3) is 4.58. The lowest BCUT2D eigenvalue weighted by Crippen LogP contribution is -2.58. The second-order valence-corrected chi connectivity index (χ2v) is 12.7. The number of anilines is 1. The normalized spacial score (nSPS) is 25.9. The van der Waals surface area contributed by atoms with Gasteiger partial charge in [0.15, 0.2) is 11.4 Å². The summed E-state index contributed by atoms with van der Waals surface area (Å²) < 4.78 is 0. The van der Waals surface area contributed by atoms with E-state index in [0.29, 0.717) is 11.1 Å². The number of carbonyl (C=O) groups excluding carboxylic acids is 3. The summed E-state index contributed by atoms with van der Waals surface area (Å²) in [7, 11) is 5.82. The molecule has 3 aliphatic carbocycles. The molecule has 2 aromatic rings. The molecule has 1 saturated carbocycles. The van der Waals surface area contributed by atoms with E-state index in [9.17, 15) is 34.8 Å². The fourth-order valence-corrected chi connectivity index (χ4v) is 7.34. The molecule has 1 heterocycles. The van der Waals surface area contributed by atoms with Crippen molar-refractivity contribution in [2.24, 2.45) is 17.6 Å². The van der Waals surface area contributed by atoms with Gasteiger partial charge in [0.1, 0.15) is 22.8 Å². The molecule has 11 nitrogen and oxygen atoms in total. The Labute approximate surface area is 255 Å². The molecule has 1 aliphatic heterocycles. The van der Waals surface area contributed by atoms with E-state index in [1.165, 1.54) is 0 Å². The number of benzene rings is 2. The minimum atomic E-state index is -2.59. The number of nitrogens with two attached hydrogens (primary N) is 1. The molecular weight excluding hydrogens is 564 g/mol. The van der Waals surface area contributed by atoms with Gasteiger partial charge in [0.05, 0.1) is 5.56 Å². The molecule has 2 aromatic carbocycles. The Balaban J connectivity index is 1.42. The predicted molar refractivity (Wildman–Crippen MR) is 164 cm³/mol. The number of aromatic hydroxyl groups is 1. The van der Waals surface area contributed by atoms with Gasteiger partial charge < -0.3 is 36.0 Å². The number of piperazine rings is 1. The Morgan fingerprint density at radius 1 is 1.05 bits per heavy atom. The second-order valence-electron chi connectivity index (χ2n) is 12.7. The topological polar surface area (TPSA) is 168 Å². The van der Waals surface area contributed by atoms with Gasteiger partial charge in [-0.2, -0.15) is 0 Å². The van der Waals surface area contributed by atoms with E-state index >= 15 is 0 Å². The highest BCUT2D eigenvalue weighted by Crippen LogP contribution is 2.54. The van der Waals surface area contributed by atoms with Crippen LogP contribution in [0.5, 0.6) is 5.75 Å². The first-order valence-electron chi connectivity index (χ1n) is 14.9. The van der Waals surface area contributed by atoms with Gasteiger partial charge in [0, 0.05) is 76.0 Å². The largest absolute Gasteiger partial charge is 0.508 e. The number of amides is 1. The van der Waals surface area contributed by atoms with Crippen molar-refractivity contribution in [1.82, 2.24) is 9.80 Å². The monoisotopic (exact) mass is 602 g/mol. The molecule has 2 fully saturated rings. The number of fused-ring (bicyclic) bond motifs is 3. The molecule has 44 heavy (non-hydrogen) atoms. The number of likely N-dealkylation sites (N-methyl/N-ethyl adjacent to an activating group) is 1. The van der Waals surface area contributed by atoms with E-state index in [0.717, 1.165) is 49.5 Å². The number of aliphatic hydroxyl groups is 3. The molecule has 3 atom stereocenters. The maximum atomic E-state index is 13.9. The van der Waals surface area contributed by atoms with Gasteiger partial charge in [0.2, 0.25) is 5.78 Å². The highest BCUT2D eigenvalue weighted by molar-refractivity contribution is 6.22. The molecule has 1 saturated heterocycles. The second kappa shape index (κ2) is 10.8. The number of aliphatic hydroxyl groups excluding tert-OH is 2. The third-order valence-corrected chi connectivity index (χ3v) is 9.79.